The lowest BCUT2D eigenvalue weighted by atomic mass is 10.1. The van der Waals surface area contributed by atoms with Crippen LogP contribution >= 0.6 is 35.3 Å². The second kappa shape index (κ2) is 13.9. The van der Waals surface area contributed by atoms with Gasteiger partial charge in [0, 0.05) is 44.2 Å². The number of aliphatic imine (C=N–C) groups is 1. The fourth-order valence-electron chi connectivity index (χ4n) is 2.86. The van der Waals surface area contributed by atoms with Crippen LogP contribution in [0.1, 0.15) is 41.8 Å². The van der Waals surface area contributed by atoms with E-state index in [-0.39, 0.29) is 24.0 Å². The Labute approximate surface area is 191 Å². The van der Waals surface area contributed by atoms with Crippen molar-refractivity contribution in [3.05, 3.63) is 51.5 Å². The molecule has 28 heavy (non-hydrogen) atoms. The Bertz CT molecular complexity index is 712. The summed E-state index contributed by atoms with van der Waals surface area (Å²) in [6.07, 6.45) is 3.96. The largest absolute Gasteiger partial charge is 0.356 e. The lowest BCUT2D eigenvalue weighted by Gasteiger charge is -2.18. The Morgan fingerprint density at radius 3 is 2.54 bits per heavy atom. The van der Waals surface area contributed by atoms with Gasteiger partial charge in [0.1, 0.15) is 0 Å². The van der Waals surface area contributed by atoms with Crippen LogP contribution in [-0.2, 0) is 25.9 Å². The molecule has 0 radical (unpaired) electrons. The summed E-state index contributed by atoms with van der Waals surface area (Å²) in [4.78, 5) is 12.6. The molecule has 0 aliphatic carbocycles. The number of hydrogen-bond acceptors (Lipinski definition) is 4. The third kappa shape index (κ3) is 8.45. The number of thiazole rings is 1. The van der Waals surface area contributed by atoms with Gasteiger partial charge in [0.15, 0.2) is 5.96 Å². The van der Waals surface area contributed by atoms with Gasteiger partial charge in [-0.25, -0.2) is 4.98 Å². The lowest BCUT2D eigenvalue weighted by Crippen LogP contribution is -2.37. The van der Waals surface area contributed by atoms with Gasteiger partial charge in [0.05, 0.1) is 5.01 Å². The predicted molar refractivity (Wildman–Crippen MR) is 132 cm³/mol. The van der Waals surface area contributed by atoms with Crippen molar-refractivity contribution in [3.8, 4) is 0 Å². The maximum absolute atomic E-state index is 4.46. The van der Waals surface area contributed by atoms with Gasteiger partial charge in [-0.15, -0.1) is 35.3 Å². The van der Waals surface area contributed by atoms with Crippen molar-refractivity contribution in [3.63, 3.8) is 0 Å². The molecular formula is C21H34IN5S. The third-order valence-corrected chi connectivity index (χ3v) is 5.76. The molecule has 2 N–H and O–H groups in total. The quantitative estimate of drug-likeness (QED) is 0.285. The molecule has 1 heterocycles. The number of nitrogens with zero attached hydrogens (tertiary/aromatic N) is 3. The Kier molecular flexibility index (Phi) is 12.3. The Hall–Kier alpha value is -1.19. The summed E-state index contributed by atoms with van der Waals surface area (Å²) in [5, 5.41) is 7.96. The molecular weight excluding hydrogens is 481 g/mol. The lowest BCUT2D eigenvalue weighted by molar-refractivity contribution is 0.296. The van der Waals surface area contributed by atoms with Crippen LogP contribution in [0.4, 0.5) is 0 Å². The van der Waals surface area contributed by atoms with Crippen LogP contribution in [0, 0.1) is 0 Å². The number of aryl methyl sites for hydroxylation is 1. The predicted octanol–water partition coefficient (Wildman–Crippen LogP) is 4.07. The number of hydrogen-bond donors (Lipinski definition) is 2. The highest BCUT2D eigenvalue weighted by Gasteiger charge is 2.04. The molecule has 0 bridgehead atoms. The molecule has 1 aromatic heterocycles. The van der Waals surface area contributed by atoms with Crippen molar-refractivity contribution in [1.82, 2.24) is 20.5 Å². The van der Waals surface area contributed by atoms with E-state index in [9.17, 15) is 0 Å². The van der Waals surface area contributed by atoms with Gasteiger partial charge in [-0.3, -0.25) is 9.89 Å². The van der Waals surface area contributed by atoms with Crippen LogP contribution in [-0.4, -0.2) is 42.5 Å². The highest BCUT2D eigenvalue weighted by atomic mass is 127. The minimum atomic E-state index is 0. The van der Waals surface area contributed by atoms with E-state index >= 15 is 0 Å². The zero-order valence-corrected chi connectivity index (χ0v) is 20.6. The summed E-state index contributed by atoms with van der Waals surface area (Å²) in [7, 11) is 1.81. The molecule has 0 aliphatic rings. The molecule has 0 fully saturated rings. The summed E-state index contributed by atoms with van der Waals surface area (Å²) >= 11 is 1.80. The Balaban J connectivity index is 0.00000392. The van der Waals surface area contributed by atoms with Crippen molar-refractivity contribution >= 4 is 41.3 Å². The average molecular weight is 516 g/mol. The van der Waals surface area contributed by atoms with Crippen LogP contribution in [0.5, 0.6) is 0 Å². The smallest absolute Gasteiger partial charge is 0.191 e. The second-order valence-corrected chi connectivity index (χ2v) is 7.66. The van der Waals surface area contributed by atoms with Crippen molar-refractivity contribution in [2.75, 3.05) is 26.7 Å². The number of rotatable bonds is 10. The van der Waals surface area contributed by atoms with Crippen LogP contribution in [0.25, 0.3) is 0 Å². The molecule has 5 nitrogen and oxygen atoms in total. The van der Waals surface area contributed by atoms with E-state index < -0.39 is 0 Å². The van der Waals surface area contributed by atoms with Crippen molar-refractivity contribution in [2.24, 2.45) is 4.99 Å². The average Bonchev–Trinajstić information content (AvgIpc) is 3.17. The van der Waals surface area contributed by atoms with E-state index in [4.69, 9.17) is 0 Å². The van der Waals surface area contributed by atoms with Crippen LogP contribution in [0.3, 0.4) is 0 Å². The molecule has 1 aromatic carbocycles. The molecule has 2 rings (SSSR count). The molecule has 0 amide bonds. The SMILES string of the molecule is CCc1cnc(CCNC(=NC)NCc2cccc(CN(CC)CC)c2)s1.I. The molecule has 0 unspecified atom stereocenters. The molecule has 156 valence electrons. The minimum absolute atomic E-state index is 0. The van der Waals surface area contributed by atoms with Gasteiger partial charge in [0.25, 0.3) is 0 Å². The monoisotopic (exact) mass is 515 g/mol. The second-order valence-electron chi connectivity index (χ2n) is 6.46. The number of guanidine groups is 1. The van der Waals surface area contributed by atoms with E-state index in [0.29, 0.717) is 0 Å². The minimum Gasteiger partial charge on any atom is -0.356 e. The highest BCUT2D eigenvalue weighted by Crippen LogP contribution is 2.13. The molecule has 0 aliphatic heterocycles. The topological polar surface area (TPSA) is 52.6 Å². The first-order valence-corrected chi connectivity index (χ1v) is 10.7. The Morgan fingerprint density at radius 2 is 1.89 bits per heavy atom. The van der Waals surface area contributed by atoms with Crippen LogP contribution in [0.15, 0.2) is 35.5 Å². The summed E-state index contributed by atoms with van der Waals surface area (Å²) in [5.41, 5.74) is 2.63. The number of benzene rings is 1. The molecule has 2 aromatic rings. The zero-order valence-electron chi connectivity index (χ0n) is 17.5. The number of aromatic nitrogens is 1. The van der Waals surface area contributed by atoms with Crippen LogP contribution in [0.2, 0.25) is 0 Å². The standard InChI is InChI=1S/C21H33N5S.HI/c1-5-19-15-24-20(27-19)11-12-23-21(22-4)25-14-17-9-8-10-18(13-17)16-26(6-2)7-3;/h8-10,13,15H,5-7,11-12,14,16H2,1-4H3,(H2,22,23,25);1H. The molecule has 0 spiro atoms. The fourth-order valence-corrected chi connectivity index (χ4v) is 3.73. The van der Waals surface area contributed by atoms with E-state index in [1.165, 1.54) is 21.0 Å². The highest BCUT2D eigenvalue weighted by molar-refractivity contribution is 14.0. The summed E-state index contributed by atoms with van der Waals surface area (Å²) in [6.45, 7) is 11.3. The first kappa shape index (κ1) is 24.8. The zero-order chi connectivity index (χ0) is 19.5. The summed E-state index contributed by atoms with van der Waals surface area (Å²) in [5.74, 6) is 0.830. The maximum atomic E-state index is 4.46. The van der Waals surface area contributed by atoms with Crippen molar-refractivity contribution in [2.45, 2.75) is 46.7 Å². The fraction of sp³-hybridized carbons (Fsp3) is 0.524. The summed E-state index contributed by atoms with van der Waals surface area (Å²) < 4.78 is 0. The first-order chi connectivity index (χ1) is 13.2. The number of nitrogens with one attached hydrogen (secondary N) is 2. The normalized spacial score (nSPS) is 11.4. The van der Waals surface area contributed by atoms with E-state index in [1.54, 1.807) is 11.3 Å². The third-order valence-electron chi connectivity index (χ3n) is 4.56. The van der Waals surface area contributed by atoms with E-state index in [1.807, 2.05) is 13.2 Å². The van der Waals surface area contributed by atoms with Gasteiger partial charge >= 0.3 is 0 Å². The first-order valence-electron chi connectivity index (χ1n) is 9.86. The van der Waals surface area contributed by atoms with Crippen molar-refractivity contribution < 1.29 is 0 Å². The summed E-state index contributed by atoms with van der Waals surface area (Å²) in [6, 6.07) is 8.78. The maximum Gasteiger partial charge on any atom is 0.191 e. The van der Waals surface area contributed by atoms with E-state index in [0.717, 1.165) is 51.5 Å². The van der Waals surface area contributed by atoms with Gasteiger partial charge < -0.3 is 10.6 Å². The molecule has 0 saturated heterocycles. The Morgan fingerprint density at radius 1 is 1.14 bits per heavy atom. The van der Waals surface area contributed by atoms with Gasteiger partial charge in [0.2, 0.25) is 0 Å². The van der Waals surface area contributed by atoms with Crippen LogP contribution < -0.4 is 10.6 Å². The number of halogens is 1. The van der Waals surface area contributed by atoms with Gasteiger partial charge in [-0.2, -0.15) is 0 Å². The molecule has 7 heteroatoms. The van der Waals surface area contributed by atoms with Crippen molar-refractivity contribution in [1.29, 1.82) is 0 Å². The van der Waals surface area contributed by atoms with E-state index in [2.05, 4.69) is 70.5 Å². The molecule has 0 atom stereocenters. The molecule has 0 saturated carbocycles. The van der Waals surface area contributed by atoms with Gasteiger partial charge in [-0.1, -0.05) is 45.0 Å². The van der Waals surface area contributed by atoms with Gasteiger partial charge in [-0.05, 0) is 30.6 Å².